The van der Waals surface area contributed by atoms with Crippen molar-refractivity contribution < 1.29 is 8.42 Å². The van der Waals surface area contributed by atoms with Crippen molar-refractivity contribution in [1.82, 2.24) is 0 Å². The number of rotatable bonds is 3. The van der Waals surface area contributed by atoms with Crippen LogP contribution in [0.5, 0.6) is 0 Å². The second kappa shape index (κ2) is 5.53. The van der Waals surface area contributed by atoms with Crippen molar-refractivity contribution in [3.05, 3.63) is 46.9 Å². The van der Waals surface area contributed by atoms with Crippen LogP contribution < -0.4 is 0 Å². The predicted octanol–water partition coefficient (Wildman–Crippen LogP) is 2.53. The summed E-state index contributed by atoms with van der Waals surface area (Å²) >= 11 is 0. The molecule has 0 aliphatic heterocycles. The quantitative estimate of drug-likeness (QED) is 0.753. The molecule has 0 saturated carbocycles. The van der Waals surface area contributed by atoms with Crippen LogP contribution in [0.15, 0.2) is 41.3 Å². The summed E-state index contributed by atoms with van der Waals surface area (Å²) in [7, 11) is -3.23. The molecule has 0 N–H and O–H groups in total. The molecule has 1 rings (SSSR count). The van der Waals surface area contributed by atoms with E-state index in [-0.39, 0.29) is 5.75 Å². The third kappa shape index (κ3) is 3.56. The minimum Gasteiger partial charge on any atom is -0.224 e. The van der Waals surface area contributed by atoms with E-state index in [1.165, 1.54) is 6.08 Å². The summed E-state index contributed by atoms with van der Waals surface area (Å²) in [6.07, 6.45) is 1.44. The number of benzene rings is 1. The Morgan fingerprint density at radius 3 is 2.50 bits per heavy atom. The summed E-state index contributed by atoms with van der Waals surface area (Å²) in [5, 5.41) is 0. The Kier molecular flexibility index (Phi) is 4.33. The van der Waals surface area contributed by atoms with Crippen LogP contribution in [0.3, 0.4) is 0 Å². The first-order chi connectivity index (χ1) is 7.56. The van der Waals surface area contributed by atoms with Crippen molar-refractivity contribution in [2.75, 3.05) is 0 Å². The van der Waals surface area contributed by atoms with Gasteiger partial charge >= 0.3 is 0 Å². The molecule has 0 spiro atoms. The van der Waals surface area contributed by atoms with E-state index in [2.05, 4.69) is 11.8 Å². The van der Waals surface area contributed by atoms with Gasteiger partial charge in [-0.25, -0.2) is 8.42 Å². The van der Waals surface area contributed by atoms with E-state index in [4.69, 9.17) is 0 Å². The summed E-state index contributed by atoms with van der Waals surface area (Å²) in [5.41, 5.74) is 0.791. The molecular weight excluding hydrogens is 220 g/mol. The fourth-order valence-corrected chi connectivity index (χ4v) is 2.27. The largest absolute Gasteiger partial charge is 0.224 e. The minimum absolute atomic E-state index is 0.0293. The molecule has 1 aromatic carbocycles. The molecule has 0 radical (unpaired) electrons. The molecule has 84 valence electrons. The lowest BCUT2D eigenvalue weighted by atomic mass is 10.2. The Morgan fingerprint density at radius 2 is 1.94 bits per heavy atom. The molecule has 2 nitrogen and oxygen atoms in total. The van der Waals surface area contributed by atoms with Crippen molar-refractivity contribution in [1.29, 1.82) is 0 Å². The summed E-state index contributed by atoms with van der Waals surface area (Å²) in [5.74, 6) is 5.32. The maximum absolute atomic E-state index is 11.9. The molecule has 16 heavy (non-hydrogen) atoms. The van der Waals surface area contributed by atoms with Crippen LogP contribution in [0, 0.1) is 11.8 Å². The normalized spacial score (nSPS) is 11.8. The molecule has 0 aliphatic carbocycles. The third-order valence-corrected chi connectivity index (χ3v) is 3.92. The van der Waals surface area contributed by atoms with Crippen molar-refractivity contribution in [3.8, 4) is 11.8 Å². The maximum Gasteiger partial charge on any atom is 0.179 e. The molecule has 0 atom stereocenters. The lowest BCUT2D eigenvalue weighted by Gasteiger charge is -2.03. The van der Waals surface area contributed by atoms with Crippen LogP contribution >= 0.6 is 0 Å². The molecular formula is C13H14O2S. The second-order valence-corrected chi connectivity index (χ2v) is 5.56. The van der Waals surface area contributed by atoms with Gasteiger partial charge in [-0.3, -0.25) is 0 Å². The summed E-state index contributed by atoms with van der Waals surface area (Å²) in [4.78, 5) is 0.311. The van der Waals surface area contributed by atoms with Crippen molar-refractivity contribution in [3.63, 3.8) is 0 Å². The van der Waals surface area contributed by atoms with Gasteiger partial charge in [-0.1, -0.05) is 36.3 Å². The molecule has 0 aromatic heterocycles. The Bertz CT molecular complexity index is 528. The summed E-state index contributed by atoms with van der Waals surface area (Å²) in [6.45, 7) is 3.25. The van der Waals surface area contributed by atoms with Gasteiger partial charge in [0.05, 0.1) is 5.75 Å². The summed E-state index contributed by atoms with van der Waals surface area (Å²) in [6, 6.07) is 9.12. The maximum atomic E-state index is 11.9. The molecule has 0 saturated heterocycles. The highest BCUT2D eigenvalue weighted by Gasteiger charge is 2.13. The smallest absolute Gasteiger partial charge is 0.179 e. The van der Waals surface area contributed by atoms with E-state index in [1.54, 1.807) is 26.0 Å². The van der Waals surface area contributed by atoms with E-state index < -0.39 is 9.84 Å². The van der Waals surface area contributed by atoms with E-state index >= 15 is 0 Å². The Labute approximate surface area is 96.9 Å². The van der Waals surface area contributed by atoms with Crippen LogP contribution in [0.1, 0.15) is 19.4 Å². The Balaban J connectivity index is 2.91. The van der Waals surface area contributed by atoms with Gasteiger partial charge in [0.2, 0.25) is 0 Å². The Hall–Kier alpha value is -1.53. The van der Waals surface area contributed by atoms with E-state index in [1.807, 2.05) is 18.2 Å². The van der Waals surface area contributed by atoms with Crippen LogP contribution in [-0.2, 0) is 15.6 Å². The first kappa shape index (κ1) is 12.5. The monoisotopic (exact) mass is 234 g/mol. The predicted molar refractivity (Wildman–Crippen MR) is 66.3 cm³/mol. The zero-order valence-electron chi connectivity index (χ0n) is 9.40. The highest BCUT2D eigenvalue weighted by atomic mass is 32.2. The van der Waals surface area contributed by atoms with Crippen molar-refractivity contribution in [2.45, 2.75) is 19.6 Å². The van der Waals surface area contributed by atoms with E-state index in [0.717, 1.165) is 5.56 Å². The number of hydrogen-bond donors (Lipinski definition) is 0. The minimum atomic E-state index is -3.23. The fraction of sp³-hybridized carbons (Fsp3) is 0.231. The highest BCUT2D eigenvalue weighted by molar-refractivity contribution is 7.94. The van der Waals surface area contributed by atoms with Crippen LogP contribution in [0.25, 0.3) is 0 Å². The topological polar surface area (TPSA) is 34.1 Å². The van der Waals surface area contributed by atoms with Gasteiger partial charge in [0.15, 0.2) is 9.84 Å². The molecule has 0 heterocycles. The zero-order chi connectivity index (χ0) is 12.0. The van der Waals surface area contributed by atoms with Crippen LogP contribution in [-0.4, -0.2) is 8.42 Å². The van der Waals surface area contributed by atoms with Gasteiger partial charge in [-0.05, 0) is 19.4 Å². The fourth-order valence-electron chi connectivity index (χ4n) is 1.17. The molecule has 0 amide bonds. The molecule has 1 aromatic rings. The standard InChI is InChI=1S/C13H14O2S/c1-3-4-8-12(2)16(14,15)11-13-9-6-5-7-10-13/h5-10H,11H2,1-2H3/b12-8-. The highest BCUT2D eigenvalue weighted by Crippen LogP contribution is 2.13. The molecule has 0 unspecified atom stereocenters. The van der Waals surface area contributed by atoms with E-state index in [0.29, 0.717) is 4.91 Å². The lowest BCUT2D eigenvalue weighted by Crippen LogP contribution is -2.05. The van der Waals surface area contributed by atoms with Crippen molar-refractivity contribution >= 4 is 9.84 Å². The second-order valence-electron chi connectivity index (χ2n) is 3.39. The average Bonchev–Trinajstić information content (AvgIpc) is 2.26. The van der Waals surface area contributed by atoms with Crippen LogP contribution in [0.4, 0.5) is 0 Å². The third-order valence-electron chi connectivity index (χ3n) is 2.11. The Morgan fingerprint density at radius 1 is 1.31 bits per heavy atom. The average molecular weight is 234 g/mol. The number of hydrogen-bond acceptors (Lipinski definition) is 2. The first-order valence-corrected chi connectivity index (χ1v) is 6.57. The van der Waals surface area contributed by atoms with Crippen LogP contribution in [0.2, 0.25) is 0 Å². The van der Waals surface area contributed by atoms with E-state index in [9.17, 15) is 8.42 Å². The molecule has 0 bridgehead atoms. The molecule has 0 aliphatic rings. The van der Waals surface area contributed by atoms with Gasteiger partial charge in [0.25, 0.3) is 0 Å². The van der Waals surface area contributed by atoms with Gasteiger partial charge in [-0.15, -0.1) is 5.92 Å². The number of allylic oxidation sites excluding steroid dienone is 2. The van der Waals surface area contributed by atoms with Gasteiger partial charge in [0, 0.05) is 11.0 Å². The van der Waals surface area contributed by atoms with Gasteiger partial charge in [-0.2, -0.15) is 0 Å². The SMILES string of the molecule is CC#C/C=C(/C)S(=O)(=O)Cc1ccccc1. The van der Waals surface area contributed by atoms with Crippen molar-refractivity contribution in [2.24, 2.45) is 0 Å². The lowest BCUT2D eigenvalue weighted by molar-refractivity contribution is 0.601. The summed E-state index contributed by atoms with van der Waals surface area (Å²) < 4.78 is 23.7. The van der Waals surface area contributed by atoms with Gasteiger partial charge < -0.3 is 0 Å². The van der Waals surface area contributed by atoms with Gasteiger partial charge in [0.1, 0.15) is 0 Å². The molecule has 3 heteroatoms. The zero-order valence-corrected chi connectivity index (χ0v) is 10.2. The first-order valence-electron chi connectivity index (χ1n) is 4.92. The molecule has 0 fully saturated rings. The number of sulfone groups is 1.